The Labute approximate surface area is 135 Å². The zero-order chi connectivity index (χ0) is 14.8. The lowest BCUT2D eigenvalue weighted by Crippen LogP contribution is -2.43. The molecule has 2 rings (SSSR count). The molecule has 0 spiro atoms. The molecule has 0 saturated carbocycles. The van der Waals surface area contributed by atoms with E-state index in [0.717, 1.165) is 32.0 Å². The van der Waals surface area contributed by atoms with Crippen LogP contribution in [0.3, 0.4) is 0 Å². The highest BCUT2D eigenvalue weighted by molar-refractivity contribution is 9.10. The summed E-state index contributed by atoms with van der Waals surface area (Å²) < 4.78 is 39.2. The van der Waals surface area contributed by atoms with Gasteiger partial charge in [-0.25, -0.2) is 0 Å². The molecular weight excluding hydrogens is 373 g/mol. The first-order valence-corrected chi connectivity index (χ1v) is 7.05. The molecule has 1 saturated heterocycles. The first-order chi connectivity index (χ1) is 9.38. The lowest BCUT2D eigenvalue weighted by atomic mass is 10.0. The smallest absolute Gasteiger partial charge is 0.349 e. The van der Waals surface area contributed by atoms with Crippen LogP contribution in [0.2, 0.25) is 0 Å². The van der Waals surface area contributed by atoms with Gasteiger partial charge in [-0.3, -0.25) is 4.79 Å². The van der Waals surface area contributed by atoms with E-state index in [-0.39, 0.29) is 24.0 Å². The van der Waals surface area contributed by atoms with Crippen molar-refractivity contribution in [2.75, 3.05) is 13.1 Å². The summed E-state index contributed by atoms with van der Waals surface area (Å²) in [5.41, 5.74) is -1.25. The molecule has 1 heterocycles. The lowest BCUT2D eigenvalue weighted by molar-refractivity contribution is -0.138. The van der Waals surface area contributed by atoms with Crippen molar-refractivity contribution in [1.29, 1.82) is 0 Å². The number of hydrogen-bond acceptors (Lipinski definition) is 2. The minimum atomic E-state index is -4.55. The minimum Gasteiger partial charge on any atom is -0.349 e. The van der Waals surface area contributed by atoms with Crippen LogP contribution in [0.5, 0.6) is 0 Å². The van der Waals surface area contributed by atoms with Crippen LogP contribution in [-0.4, -0.2) is 25.0 Å². The van der Waals surface area contributed by atoms with Crippen LogP contribution in [-0.2, 0) is 6.18 Å². The van der Waals surface area contributed by atoms with Gasteiger partial charge in [-0.05, 0) is 44.1 Å². The number of nitrogens with one attached hydrogen (secondary N) is 2. The second kappa shape index (κ2) is 7.47. The molecule has 0 bridgehead atoms. The van der Waals surface area contributed by atoms with Crippen molar-refractivity contribution in [3.05, 3.63) is 33.8 Å². The molecular formula is C13H15BrClF3N2O. The highest BCUT2D eigenvalue weighted by Crippen LogP contribution is 2.33. The van der Waals surface area contributed by atoms with Crippen molar-refractivity contribution in [2.45, 2.75) is 25.1 Å². The normalized spacial score (nSPS) is 16.2. The summed E-state index contributed by atoms with van der Waals surface area (Å²) in [5.74, 6) is -0.670. The van der Waals surface area contributed by atoms with Gasteiger partial charge in [0.15, 0.2) is 0 Å². The first-order valence-electron chi connectivity index (χ1n) is 6.26. The number of hydrogen-bond donors (Lipinski definition) is 2. The van der Waals surface area contributed by atoms with Crippen molar-refractivity contribution in [1.82, 2.24) is 10.6 Å². The van der Waals surface area contributed by atoms with Crippen LogP contribution in [0.4, 0.5) is 13.2 Å². The molecule has 3 nitrogen and oxygen atoms in total. The average Bonchev–Trinajstić information content (AvgIpc) is 2.38. The van der Waals surface area contributed by atoms with Gasteiger partial charge in [0.2, 0.25) is 0 Å². The Morgan fingerprint density at radius 3 is 2.48 bits per heavy atom. The maximum absolute atomic E-state index is 13.0. The third kappa shape index (κ3) is 4.86. The quantitative estimate of drug-likeness (QED) is 0.817. The second-order valence-corrected chi connectivity index (χ2v) is 5.60. The van der Waals surface area contributed by atoms with Gasteiger partial charge >= 0.3 is 6.18 Å². The molecule has 0 radical (unpaired) electrons. The topological polar surface area (TPSA) is 41.1 Å². The molecule has 1 amide bonds. The van der Waals surface area contributed by atoms with E-state index in [1.165, 1.54) is 12.1 Å². The van der Waals surface area contributed by atoms with Gasteiger partial charge in [-0.1, -0.05) is 15.9 Å². The van der Waals surface area contributed by atoms with E-state index < -0.39 is 17.6 Å². The third-order valence-corrected chi connectivity index (χ3v) is 3.70. The summed E-state index contributed by atoms with van der Waals surface area (Å²) in [5, 5.41) is 5.81. The molecule has 0 unspecified atom stereocenters. The van der Waals surface area contributed by atoms with Crippen LogP contribution in [0, 0.1) is 0 Å². The van der Waals surface area contributed by atoms with E-state index in [1.54, 1.807) is 0 Å². The fourth-order valence-electron chi connectivity index (χ4n) is 2.18. The third-order valence-electron chi connectivity index (χ3n) is 3.21. The summed E-state index contributed by atoms with van der Waals surface area (Å²) in [6.07, 6.45) is -3.10. The SMILES string of the molecule is Cl.O=C(NC1CCNCC1)c1ccc(Br)cc1C(F)(F)F. The Morgan fingerprint density at radius 1 is 1.29 bits per heavy atom. The van der Waals surface area contributed by atoms with Crippen LogP contribution >= 0.6 is 28.3 Å². The molecule has 2 N–H and O–H groups in total. The average molecular weight is 388 g/mol. The van der Waals surface area contributed by atoms with Crippen LogP contribution in [0.15, 0.2) is 22.7 Å². The number of benzene rings is 1. The van der Waals surface area contributed by atoms with Crippen molar-refractivity contribution in [3.8, 4) is 0 Å². The minimum absolute atomic E-state index is 0. The predicted octanol–water partition coefficient (Wildman–Crippen LogP) is 3.37. The van der Waals surface area contributed by atoms with Crippen molar-refractivity contribution in [3.63, 3.8) is 0 Å². The van der Waals surface area contributed by atoms with E-state index in [0.29, 0.717) is 4.47 Å². The number of piperidine rings is 1. The van der Waals surface area contributed by atoms with Gasteiger partial charge in [-0.15, -0.1) is 12.4 Å². The van der Waals surface area contributed by atoms with Gasteiger partial charge < -0.3 is 10.6 Å². The molecule has 1 aromatic rings. The van der Waals surface area contributed by atoms with Crippen LogP contribution in [0.1, 0.15) is 28.8 Å². The van der Waals surface area contributed by atoms with Crippen LogP contribution < -0.4 is 10.6 Å². The summed E-state index contributed by atoms with van der Waals surface area (Å²) in [6.45, 7) is 1.52. The molecule has 0 aliphatic carbocycles. The molecule has 21 heavy (non-hydrogen) atoms. The zero-order valence-corrected chi connectivity index (χ0v) is 13.4. The number of amides is 1. The maximum atomic E-state index is 13.0. The van der Waals surface area contributed by atoms with Gasteiger partial charge in [0, 0.05) is 10.5 Å². The first kappa shape index (κ1) is 18.3. The van der Waals surface area contributed by atoms with E-state index in [4.69, 9.17) is 0 Å². The Balaban J connectivity index is 0.00000220. The molecule has 1 aromatic carbocycles. The predicted molar refractivity (Wildman–Crippen MR) is 79.7 cm³/mol. The second-order valence-electron chi connectivity index (χ2n) is 4.69. The van der Waals surface area contributed by atoms with Crippen molar-refractivity contribution < 1.29 is 18.0 Å². The highest BCUT2D eigenvalue weighted by atomic mass is 79.9. The van der Waals surface area contributed by atoms with Gasteiger partial charge in [0.1, 0.15) is 0 Å². The summed E-state index contributed by atoms with van der Waals surface area (Å²) in [4.78, 5) is 12.0. The number of rotatable bonds is 2. The Kier molecular flexibility index (Phi) is 6.49. The van der Waals surface area contributed by atoms with E-state index >= 15 is 0 Å². The monoisotopic (exact) mass is 386 g/mol. The summed E-state index contributed by atoms with van der Waals surface area (Å²) >= 11 is 3.00. The number of carbonyl (C=O) groups excluding carboxylic acids is 1. The fourth-order valence-corrected chi connectivity index (χ4v) is 2.54. The number of halogens is 5. The van der Waals surface area contributed by atoms with Gasteiger partial charge in [0.05, 0.1) is 11.1 Å². The summed E-state index contributed by atoms with van der Waals surface area (Å²) in [6, 6.07) is 3.49. The van der Waals surface area contributed by atoms with Gasteiger partial charge in [0.25, 0.3) is 5.91 Å². The molecule has 1 fully saturated rings. The molecule has 1 aliphatic heterocycles. The molecule has 0 aromatic heterocycles. The van der Waals surface area contributed by atoms with Crippen molar-refractivity contribution >= 4 is 34.2 Å². The maximum Gasteiger partial charge on any atom is 0.417 e. The standard InChI is InChI=1S/C13H14BrF3N2O.ClH/c14-8-1-2-10(11(7-8)13(15,16)17)12(20)19-9-3-5-18-6-4-9;/h1-2,7,9,18H,3-6H2,(H,19,20);1H. The largest absolute Gasteiger partial charge is 0.417 e. The highest BCUT2D eigenvalue weighted by Gasteiger charge is 2.35. The molecule has 8 heteroatoms. The Morgan fingerprint density at radius 2 is 1.90 bits per heavy atom. The van der Waals surface area contributed by atoms with Crippen molar-refractivity contribution in [2.24, 2.45) is 0 Å². The Bertz CT molecular complexity index is 505. The summed E-state index contributed by atoms with van der Waals surface area (Å²) in [7, 11) is 0. The zero-order valence-electron chi connectivity index (χ0n) is 11.0. The van der Waals surface area contributed by atoms with E-state index in [2.05, 4.69) is 26.6 Å². The molecule has 118 valence electrons. The van der Waals surface area contributed by atoms with Gasteiger partial charge in [-0.2, -0.15) is 13.2 Å². The number of alkyl halides is 3. The lowest BCUT2D eigenvalue weighted by Gasteiger charge is -2.24. The van der Waals surface area contributed by atoms with E-state index in [1.807, 2.05) is 0 Å². The van der Waals surface area contributed by atoms with Crippen LogP contribution in [0.25, 0.3) is 0 Å². The Hall–Kier alpha value is -0.790. The molecule has 1 aliphatic rings. The number of carbonyl (C=O) groups is 1. The van der Waals surface area contributed by atoms with E-state index in [9.17, 15) is 18.0 Å². The fraction of sp³-hybridized carbons (Fsp3) is 0.462. The molecule has 0 atom stereocenters.